The molecule has 0 fully saturated rings. The molecule has 0 atom stereocenters. The van der Waals surface area contributed by atoms with Crippen molar-refractivity contribution < 1.29 is 13.9 Å². The number of hydrogen-bond acceptors (Lipinski definition) is 2. The fraction of sp³-hybridized carbons (Fsp3) is 0.385. The van der Waals surface area contributed by atoms with Crippen LogP contribution in [-0.2, 0) is 6.54 Å². The maximum absolute atomic E-state index is 13.0. The highest BCUT2D eigenvalue weighted by molar-refractivity contribution is 5.18. The third-order valence-corrected chi connectivity index (χ3v) is 2.90. The number of aliphatic hydroxyl groups excluding tert-OH is 1. The molecular formula is C13H15F2NO. The van der Waals surface area contributed by atoms with Gasteiger partial charge in [-0.1, -0.05) is 12.1 Å². The van der Waals surface area contributed by atoms with Gasteiger partial charge in [0.25, 0.3) is 0 Å². The first-order chi connectivity index (χ1) is 8.19. The van der Waals surface area contributed by atoms with Gasteiger partial charge < -0.3 is 5.11 Å². The molecule has 0 aliphatic carbocycles. The lowest BCUT2D eigenvalue weighted by molar-refractivity contribution is 0.251. The maximum Gasteiger partial charge on any atom is 0.159 e. The molecule has 1 aromatic rings. The predicted molar refractivity (Wildman–Crippen MR) is 61.4 cm³/mol. The Morgan fingerprint density at radius 1 is 1.24 bits per heavy atom. The van der Waals surface area contributed by atoms with Crippen LogP contribution in [0.1, 0.15) is 12.0 Å². The van der Waals surface area contributed by atoms with Gasteiger partial charge in [0.15, 0.2) is 11.6 Å². The Morgan fingerprint density at radius 2 is 2.06 bits per heavy atom. The Bertz CT molecular complexity index is 431. The molecule has 1 aliphatic heterocycles. The van der Waals surface area contributed by atoms with E-state index in [1.165, 1.54) is 6.07 Å². The summed E-state index contributed by atoms with van der Waals surface area (Å²) in [7, 11) is 0. The molecule has 0 saturated carbocycles. The van der Waals surface area contributed by atoms with Gasteiger partial charge in [0.2, 0.25) is 0 Å². The van der Waals surface area contributed by atoms with Gasteiger partial charge in [0.1, 0.15) is 0 Å². The van der Waals surface area contributed by atoms with Crippen LogP contribution in [-0.4, -0.2) is 29.7 Å². The standard InChI is InChI=1S/C13H15F2NO/c14-12-4-3-10(6-13(12)15)7-16-5-1-2-11(8-16)9-17/h2-4,6,17H,1,5,7-9H2. The summed E-state index contributed by atoms with van der Waals surface area (Å²) >= 11 is 0. The van der Waals surface area contributed by atoms with E-state index in [0.717, 1.165) is 30.2 Å². The van der Waals surface area contributed by atoms with Gasteiger partial charge in [-0.05, 0) is 29.7 Å². The topological polar surface area (TPSA) is 23.5 Å². The summed E-state index contributed by atoms with van der Waals surface area (Å²) in [4.78, 5) is 2.11. The third kappa shape index (κ3) is 3.11. The van der Waals surface area contributed by atoms with Crippen LogP contribution in [0.3, 0.4) is 0 Å². The number of rotatable bonds is 3. The Morgan fingerprint density at radius 3 is 2.76 bits per heavy atom. The summed E-state index contributed by atoms with van der Waals surface area (Å²) in [6.45, 7) is 2.21. The van der Waals surface area contributed by atoms with Gasteiger partial charge in [-0.25, -0.2) is 8.78 Å². The quantitative estimate of drug-likeness (QED) is 0.816. The van der Waals surface area contributed by atoms with Gasteiger partial charge in [-0.3, -0.25) is 4.90 Å². The summed E-state index contributed by atoms with van der Waals surface area (Å²) in [5.41, 5.74) is 1.74. The van der Waals surface area contributed by atoms with Gasteiger partial charge >= 0.3 is 0 Å². The van der Waals surface area contributed by atoms with Crippen LogP contribution in [0, 0.1) is 11.6 Å². The van der Waals surface area contributed by atoms with Gasteiger partial charge in [0.05, 0.1) is 6.61 Å². The summed E-state index contributed by atoms with van der Waals surface area (Å²) < 4.78 is 25.8. The molecule has 17 heavy (non-hydrogen) atoms. The number of aliphatic hydroxyl groups is 1. The van der Waals surface area contributed by atoms with Crippen molar-refractivity contribution in [2.45, 2.75) is 13.0 Å². The van der Waals surface area contributed by atoms with Crippen LogP contribution in [0.5, 0.6) is 0 Å². The molecule has 0 radical (unpaired) electrons. The Hall–Kier alpha value is -1.26. The highest BCUT2D eigenvalue weighted by Crippen LogP contribution is 2.15. The first kappa shape index (κ1) is 12.2. The zero-order valence-corrected chi connectivity index (χ0v) is 9.50. The molecule has 1 aliphatic rings. The van der Waals surface area contributed by atoms with Crippen molar-refractivity contribution in [1.82, 2.24) is 4.90 Å². The summed E-state index contributed by atoms with van der Waals surface area (Å²) in [5.74, 6) is -1.62. The van der Waals surface area contributed by atoms with E-state index in [4.69, 9.17) is 5.11 Å². The molecule has 0 aromatic heterocycles. The highest BCUT2D eigenvalue weighted by Gasteiger charge is 2.13. The fourth-order valence-electron chi connectivity index (χ4n) is 2.03. The SMILES string of the molecule is OCC1=CCCN(Cc2ccc(F)c(F)c2)C1. The molecule has 0 amide bonds. The minimum atomic E-state index is -0.816. The van der Waals surface area contributed by atoms with Crippen LogP contribution in [0.4, 0.5) is 8.78 Å². The Kier molecular flexibility index (Phi) is 3.86. The van der Waals surface area contributed by atoms with Crippen LogP contribution >= 0.6 is 0 Å². The molecule has 92 valence electrons. The third-order valence-electron chi connectivity index (χ3n) is 2.90. The normalized spacial score (nSPS) is 17.0. The molecule has 0 spiro atoms. The molecule has 2 rings (SSSR count). The molecule has 1 N–H and O–H groups in total. The summed E-state index contributed by atoms with van der Waals surface area (Å²) in [6.07, 6.45) is 2.92. The van der Waals surface area contributed by atoms with Crippen molar-refractivity contribution in [2.24, 2.45) is 0 Å². The van der Waals surface area contributed by atoms with Crippen LogP contribution in [0.2, 0.25) is 0 Å². The molecular weight excluding hydrogens is 224 g/mol. The lowest BCUT2D eigenvalue weighted by Crippen LogP contribution is -2.30. The number of nitrogens with zero attached hydrogens (tertiary/aromatic N) is 1. The fourth-order valence-corrected chi connectivity index (χ4v) is 2.03. The van der Waals surface area contributed by atoms with Crippen LogP contribution < -0.4 is 0 Å². The van der Waals surface area contributed by atoms with Crippen LogP contribution in [0.25, 0.3) is 0 Å². The minimum Gasteiger partial charge on any atom is -0.392 e. The lowest BCUT2D eigenvalue weighted by atomic mass is 10.1. The zero-order valence-electron chi connectivity index (χ0n) is 9.50. The van der Waals surface area contributed by atoms with E-state index in [1.54, 1.807) is 6.07 Å². The summed E-state index contributed by atoms with van der Waals surface area (Å²) in [5, 5.41) is 9.05. The molecule has 0 saturated heterocycles. The molecule has 0 bridgehead atoms. The second-order valence-corrected chi connectivity index (χ2v) is 4.27. The molecule has 2 nitrogen and oxygen atoms in total. The average molecular weight is 239 g/mol. The van der Waals surface area contributed by atoms with E-state index >= 15 is 0 Å². The van der Waals surface area contributed by atoms with E-state index in [2.05, 4.69) is 4.90 Å². The van der Waals surface area contributed by atoms with E-state index < -0.39 is 11.6 Å². The van der Waals surface area contributed by atoms with Crippen LogP contribution in [0.15, 0.2) is 29.8 Å². The Labute approximate surface area is 99.2 Å². The monoisotopic (exact) mass is 239 g/mol. The first-order valence-corrected chi connectivity index (χ1v) is 5.64. The van der Waals surface area contributed by atoms with E-state index in [-0.39, 0.29) is 6.61 Å². The zero-order chi connectivity index (χ0) is 12.3. The molecule has 4 heteroatoms. The number of halogens is 2. The van der Waals surface area contributed by atoms with Crippen molar-refractivity contribution in [2.75, 3.05) is 19.7 Å². The molecule has 1 aromatic carbocycles. The van der Waals surface area contributed by atoms with Gasteiger partial charge in [-0.2, -0.15) is 0 Å². The largest absolute Gasteiger partial charge is 0.392 e. The van der Waals surface area contributed by atoms with Crippen molar-refractivity contribution in [3.63, 3.8) is 0 Å². The molecule has 0 unspecified atom stereocenters. The lowest BCUT2D eigenvalue weighted by Gasteiger charge is -2.26. The minimum absolute atomic E-state index is 0.0638. The summed E-state index contributed by atoms with van der Waals surface area (Å²) in [6, 6.07) is 3.97. The average Bonchev–Trinajstić information content (AvgIpc) is 2.34. The highest BCUT2D eigenvalue weighted by atomic mass is 19.2. The van der Waals surface area contributed by atoms with Crippen molar-refractivity contribution in [1.29, 1.82) is 0 Å². The second-order valence-electron chi connectivity index (χ2n) is 4.27. The van der Waals surface area contributed by atoms with Crippen molar-refractivity contribution in [3.05, 3.63) is 47.0 Å². The number of hydrogen-bond donors (Lipinski definition) is 1. The van der Waals surface area contributed by atoms with Gasteiger partial charge in [0, 0.05) is 19.6 Å². The van der Waals surface area contributed by atoms with Crippen molar-refractivity contribution >= 4 is 0 Å². The van der Waals surface area contributed by atoms with Gasteiger partial charge in [-0.15, -0.1) is 0 Å². The Balaban J connectivity index is 2.01. The van der Waals surface area contributed by atoms with Crippen molar-refractivity contribution in [3.8, 4) is 0 Å². The smallest absolute Gasteiger partial charge is 0.159 e. The van der Waals surface area contributed by atoms with E-state index in [0.29, 0.717) is 13.1 Å². The first-order valence-electron chi connectivity index (χ1n) is 5.64. The molecule has 1 heterocycles. The maximum atomic E-state index is 13.0. The van der Waals surface area contributed by atoms with E-state index in [9.17, 15) is 8.78 Å². The van der Waals surface area contributed by atoms with E-state index in [1.807, 2.05) is 6.08 Å². The second kappa shape index (κ2) is 5.38. The number of benzene rings is 1. The predicted octanol–water partition coefficient (Wildman–Crippen LogP) is 2.09.